The first-order valence-corrected chi connectivity index (χ1v) is 9.35. The van der Waals surface area contributed by atoms with E-state index in [0.717, 1.165) is 49.0 Å². The van der Waals surface area contributed by atoms with Crippen LogP contribution in [0.25, 0.3) is 5.65 Å². The Morgan fingerprint density at radius 3 is 2.96 bits per heavy atom. The van der Waals surface area contributed by atoms with Gasteiger partial charge in [-0.25, -0.2) is 4.98 Å². The molecule has 0 fully saturated rings. The molecule has 3 heterocycles. The average Bonchev–Trinajstić information content (AvgIpc) is 3.28. The van der Waals surface area contributed by atoms with Gasteiger partial charge in [-0.15, -0.1) is 0 Å². The number of nitrogens with zero attached hydrogens (tertiary/aromatic N) is 3. The summed E-state index contributed by atoms with van der Waals surface area (Å²) in [5, 5.41) is 6.71. The molecular formula is C21H25N5O. The van der Waals surface area contributed by atoms with E-state index in [-0.39, 0.29) is 6.10 Å². The molecule has 0 radical (unpaired) electrons. The Morgan fingerprint density at radius 1 is 1.26 bits per heavy atom. The molecule has 140 valence electrons. The molecule has 1 aromatic carbocycles. The van der Waals surface area contributed by atoms with Crippen molar-refractivity contribution >= 4 is 11.6 Å². The summed E-state index contributed by atoms with van der Waals surface area (Å²) < 4.78 is 8.04. The first kappa shape index (κ1) is 17.4. The molecule has 4 rings (SSSR count). The van der Waals surface area contributed by atoms with Crippen molar-refractivity contribution in [1.29, 1.82) is 0 Å². The van der Waals surface area contributed by atoms with Crippen molar-refractivity contribution in [2.45, 2.75) is 25.9 Å². The Bertz CT molecular complexity index is 937. The number of rotatable bonds is 5. The summed E-state index contributed by atoms with van der Waals surface area (Å²) in [6.07, 6.45) is 6.03. The smallest absolute Gasteiger partial charge is 0.191 e. The van der Waals surface area contributed by atoms with Gasteiger partial charge >= 0.3 is 0 Å². The fourth-order valence-electron chi connectivity index (χ4n) is 3.43. The fourth-order valence-corrected chi connectivity index (χ4v) is 3.43. The molecule has 6 heteroatoms. The van der Waals surface area contributed by atoms with Crippen LogP contribution in [-0.4, -0.2) is 41.6 Å². The lowest BCUT2D eigenvalue weighted by molar-refractivity contribution is 0.235. The quantitative estimate of drug-likeness (QED) is 0.540. The van der Waals surface area contributed by atoms with E-state index in [2.05, 4.69) is 51.3 Å². The van der Waals surface area contributed by atoms with E-state index in [4.69, 9.17) is 9.72 Å². The van der Waals surface area contributed by atoms with Crippen LogP contribution in [0.5, 0.6) is 5.75 Å². The van der Waals surface area contributed by atoms with Gasteiger partial charge in [0.05, 0.1) is 12.2 Å². The number of hydrogen-bond donors (Lipinski definition) is 2. The number of fused-ring (bicyclic) bond motifs is 2. The number of benzene rings is 1. The van der Waals surface area contributed by atoms with Crippen molar-refractivity contribution in [3.05, 3.63) is 65.6 Å². The third kappa shape index (κ3) is 3.89. The minimum Gasteiger partial charge on any atom is -0.488 e. The number of guanidine groups is 1. The second-order valence-electron chi connectivity index (χ2n) is 6.84. The third-order valence-corrected chi connectivity index (χ3v) is 4.84. The van der Waals surface area contributed by atoms with E-state index in [1.807, 2.05) is 24.4 Å². The van der Waals surface area contributed by atoms with Gasteiger partial charge in [0.25, 0.3) is 0 Å². The number of pyridine rings is 1. The van der Waals surface area contributed by atoms with Gasteiger partial charge in [0, 0.05) is 38.8 Å². The maximum Gasteiger partial charge on any atom is 0.191 e. The first-order chi connectivity index (χ1) is 13.2. The fraction of sp³-hybridized carbons (Fsp3) is 0.333. The van der Waals surface area contributed by atoms with Crippen molar-refractivity contribution in [2.75, 3.05) is 20.1 Å². The highest BCUT2D eigenvalue weighted by atomic mass is 16.5. The lowest BCUT2D eigenvalue weighted by Crippen LogP contribution is -2.42. The normalized spacial score (nSPS) is 16.2. The SMILES string of the molecule is CN=C(NCCc1cn2cccc(C)c2n1)NCC1Cc2ccccc2O1. The molecular weight excluding hydrogens is 338 g/mol. The van der Waals surface area contributed by atoms with Crippen LogP contribution < -0.4 is 15.4 Å². The van der Waals surface area contributed by atoms with Gasteiger partial charge in [0.2, 0.25) is 0 Å². The summed E-state index contributed by atoms with van der Waals surface area (Å²) in [7, 11) is 1.79. The number of nitrogens with one attached hydrogen (secondary N) is 2. The van der Waals surface area contributed by atoms with Crippen molar-refractivity contribution in [2.24, 2.45) is 4.99 Å². The number of aryl methyl sites for hydroxylation is 1. The predicted octanol–water partition coefficient (Wildman–Crippen LogP) is 2.35. The molecule has 1 aliphatic rings. The summed E-state index contributed by atoms with van der Waals surface area (Å²) in [5.74, 6) is 1.78. The molecule has 1 aliphatic heterocycles. The van der Waals surface area contributed by atoms with Gasteiger partial charge in [-0.2, -0.15) is 0 Å². The van der Waals surface area contributed by atoms with Crippen LogP contribution in [0.1, 0.15) is 16.8 Å². The zero-order valence-electron chi connectivity index (χ0n) is 15.8. The molecule has 2 aromatic heterocycles. The Hall–Kier alpha value is -3.02. The minimum absolute atomic E-state index is 0.141. The van der Waals surface area contributed by atoms with E-state index >= 15 is 0 Å². The Kier molecular flexibility index (Phi) is 4.96. The number of ether oxygens (including phenoxy) is 1. The van der Waals surface area contributed by atoms with Gasteiger partial charge in [-0.3, -0.25) is 4.99 Å². The van der Waals surface area contributed by atoms with Gasteiger partial charge in [0.1, 0.15) is 17.5 Å². The summed E-state index contributed by atoms with van der Waals surface area (Å²) in [6.45, 7) is 3.58. The molecule has 3 aromatic rings. The van der Waals surface area contributed by atoms with Gasteiger partial charge in [0.15, 0.2) is 5.96 Å². The molecule has 0 spiro atoms. The van der Waals surface area contributed by atoms with Gasteiger partial charge in [-0.1, -0.05) is 24.3 Å². The maximum atomic E-state index is 5.96. The maximum absolute atomic E-state index is 5.96. The minimum atomic E-state index is 0.141. The highest BCUT2D eigenvalue weighted by Crippen LogP contribution is 2.27. The number of hydrogen-bond acceptors (Lipinski definition) is 3. The number of imidazole rings is 1. The van der Waals surface area contributed by atoms with Gasteiger partial charge in [-0.05, 0) is 30.2 Å². The highest BCUT2D eigenvalue weighted by Gasteiger charge is 2.22. The molecule has 1 atom stereocenters. The van der Waals surface area contributed by atoms with Crippen molar-refractivity contribution < 1.29 is 4.74 Å². The Labute approximate surface area is 159 Å². The molecule has 0 aliphatic carbocycles. The van der Waals surface area contributed by atoms with E-state index in [1.54, 1.807) is 7.05 Å². The van der Waals surface area contributed by atoms with Crippen LogP contribution in [0.15, 0.2) is 53.8 Å². The molecule has 0 bridgehead atoms. The Morgan fingerprint density at radius 2 is 2.15 bits per heavy atom. The van der Waals surface area contributed by atoms with E-state index < -0.39 is 0 Å². The zero-order chi connectivity index (χ0) is 18.6. The second-order valence-corrected chi connectivity index (χ2v) is 6.84. The monoisotopic (exact) mass is 363 g/mol. The molecule has 0 amide bonds. The highest BCUT2D eigenvalue weighted by molar-refractivity contribution is 5.79. The standard InChI is InChI=1S/C21H25N5O/c1-15-6-5-11-26-14-17(25-20(15)26)9-10-23-21(22-2)24-13-18-12-16-7-3-4-8-19(16)27-18/h3-8,11,14,18H,9-10,12-13H2,1-2H3,(H2,22,23,24). The topological polar surface area (TPSA) is 63.0 Å². The Balaban J connectivity index is 1.25. The molecule has 27 heavy (non-hydrogen) atoms. The summed E-state index contributed by atoms with van der Waals surface area (Å²) in [5.41, 5.74) is 4.55. The van der Waals surface area contributed by atoms with E-state index in [0.29, 0.717) is 0 Å². The summed E-state index contributed by atoms with van der Waals surface area (Å²) in [6, 6.07) is 12.3. The van der Waals surface area contributed by atoms with Crippen LogP contribution in [0.3, 0.4) is 0 Å². The number of aromatic nitrogens is 2. The second kappa shape index (κ2) is 7.70. The molecule has 0 saturated heterocycles. The van der Waals surface area contributed by atoms with Crippen molar-refractivity contribution in [3.8, 4) is 5.75 Å². The van der Waals surface area contributed by atoms with Gasteiger partial charge < -0.3 is 19.8 Å². The number of aliphatic imine (C=N–C) groups is 1. The molecule has 0 saturated carbocycles. The van der Waals surface area contributed by atoms with Crippen molar-refractivity contribution in [1.82, 2.24) is 20.0 Å². The first-order valence-electron chi connectivity index (χ1n) is 9.35. The van der Waals surface area contributed by atoms with Crippen molar-refractivity contribution in [3.63, 3.8) is 0 Å². The lowest BCUT2D eigenvalue weighted by atomic mass is 10.1. The van der Waals surface area contributed by atoms with Crippen LogP contribution in [0.2, 0.25) is 0 Å². The number of para-hydroxylation sites is 1. The lowest BCUT2D eigenvalue weighted by Gasteiger charge is -2.15. The zero-order valence-corrected chi connectivity index (χ0v) is 15.8. The summed E-state index contributed by atoms with van der Waals surface area (Å²) in [4.78, 5) is 9.01. The van der Waals surface area contributed by atoms with E-state index in [1.165, 1.54) is 11.1 Å². The summed E-state index contributed by atoms with van der Waals surface area (Å²) >= 11 is 0. The van der Waals surface area contributed by atoms with E-state index in [9.17, 15) is 0 Å². The van der Waals surface area contributed by atoms with Crippen LogP contribution in [0, 0.1) is 6.92 Å². The van der Waals surface area contributed by atoms with Crippen LogP contribution in [0.4, 0.5) is 0 Å². The van der Waals surface area contributed by atoms with Crippen LogP contribution in [-0.2, 0) is 12.8 Å². The third-order valence-electron chi connectivity index (χ3n) is 4.84. The van der Waals surface area contributed by atoms with Crippen LogP contribution >= 0.6 is 0 Å². The largest absolute Gasteiger partial charge is 0.488 e. The predicted molar refractivity (Wildman–Crippen MR) is 108 cm³/mol. The molecule has 6 nitrogen and oxygen atoms in total. The molecule has 1 unspecified atom stereocenters. The molecule has 2 N–H and O–H groups in total. The average molecular weight is 363 g/mol.